The topological polar surface area (TPSA) is 90.7 Å². The number of piperidine rings is 1. The molecule has 0 spiro atoms. The average molecular weight is 460 g/mol. The van der Waals surface area contributed by atoms with Gasteiger partial charge >= 0.3 is 0 Å². The van der Waals surface area contributed by atoms with Gasteiger partial charge in [-0.3, -0.25) is 4.90 Å². The number of H-pyrrole nitrogens is 1. The number of aromatic nitrogens is 3. The zero-order valence-electron chi connectivity index (χ0n) is 19.1. The van der Waals surface area contributed by atoms with Gasteiger partial charge in [0.25, 0.3) is 0 Å². The fourth-order valence-electron chi connectivity index (χ4n) is 5.12. The molecule has 2 N–H and O–H groups in total. The molecule has 2 aliphatic heterocycles. The van der Waals surface area contributed by atoms with Gasteiger partial charge in [0.15, 0.2) is 11.6 Å². The van der Waals surface area contributed by atoms with E-state index in [9.17, 15) is 5.11 Å². The Hall–Kier alpha value is -3.36. The van der Waals surface area contributed by atoms with Gasteiger partial charge in [0.2, 0.25) is 0 Å². The van der Waals surface area contributed by atoms with E-state index in [2.05, 4.69) is 21.0 Å². The lowest BCUT2D eigenvalue weighted by molar-refractivity contribution is 0.122. The van der Waals surface area contributed by atoms with E-state index in [1.165, 1.54) is 5.56 Å². The number of aromatic hydroxyl groups is 1. The maximum absolute atomic E-state index is 10.0. The van der Waals surface area contributed by atoms with Crippen molar-refractivity contribution in [2.24, 2.45) is 0 Å². The number of hydrogen-bond donors (Lipinski definition) is 2. The lowest BCUT2D eigenvalue weighted by Gasteiger charge is -2.31. The van der Waals surface area contributed by atoms with Crippen molar-refractivity contribution in [1.29, 1.82) is 0 Å². The zero-order chi connectivity index (χ0) is 22.9. The lowest BCUT2D eigenvalue weighted by atomic mass is 9.90. The summed E-state index contributed by atoms with van der Waals surface area (Å²) >= 11 is 0. The molecule has 2 fully saturated rings. The molecular formula is C26H29N5O3. The molecule has 4 aromatic rings. The highest BCUT2D eigenvalue weighted by molar-refractivity contribution is 5.91. The van der Waals surface area contributed by atoms with Crippen LogP contribution >= 0.6 is 0 Å². The highest BCUT2D eigenvalue weighted by atomic mass is 16.5. The van der Waals surface area contributed by atoms with E-state index in [4.69, 9.17) is 19.1 Å². The first-order valence-corrected chi connectivity index (χ1v) is 12.0. The number of morpholine rings is 1. The van der Waals surface area contributed by atoms with Gasteiger partial charge in [-0.1, -0.05) is 12.1 Å². The van der Waals surface area contributed by atoms with Crippen LogP contribution in [0.3, 0.4) is 0 Å². The second kappa shape index (κ2) is 9.12. The first-order valence-electron chi connectivity index (χ1n) is 12.0. The van der Waals surface area contributed by atoms with Crippen LogP contribution in [-0.4, -0.2) is 64.4 Å². The van der Waals surface area contributed by atoms with Gasteiger partial charge in [0, 0.05) is 24.8 Å². The minimum Gasteiger partial charge on any atom is -0.508 e. The average Bonchev–Trinajstić information content (AvgIpc) is 3.55. The van der Waals surface area contributed by atoms with Crippen molar-refractivity contribution < 1.29 is 14.3 Å². The molecule has 0 saturated carbocycles. The normalized spacial score (nSPS) is 18.1. The number of nitrogens with zero attached hydrogens (tertiary/aromatic N) is 4. The number of ether oxygens (including phenoxy) is 1. The predicted octanol–water partition coefficient (Wildman–Crippen LogP) is 4.14. The summed E-state index contributed by atoms with van der Waals surface area (Å²) in [6.07, 6.45) is 6.02. The van der Waals surface area contributed by atoms with Crippen LogP contribution in [0.15, 0.2) is 53.3 Å². The number of rotatable bonds is 5. The number of hydrogen-bond acceptors (Lipinski definition) is 7. The van der Waals surface area contributed by atoms with Crippen molar-refractivity contribution in [2.75, 3.05) is 44.3 Å². The van der Waals surface area contributed by atoms with Crippen molar-refractivity contribution in [3.8, 4) is 17.1 Å². The maximum Gasteiger partial charge on any atom is 0.162 e. The van der Waals surface area contributed by atoms with Gasteiger partial charge in [-0.05, 0) is 61.7 Å². The van der Waals surface area contributed by atoms with Gasteiger partial charge in [-0.25, -0.2) is 9.97 Å². The quantitative estimate of drug-likeness (QED) is 0.464. The highest BCUT2D eigenvalue weighted by Gasteiger charge is 2.27. The van der Waals surface area contributed by atoms with Crippen molar-refractivity contribution in [3.05, 3.63) is 60.2 Å². The molecule has 0 aliphatic carbocycles. The molecule has 5 heterocycles. The van der Waals surface area contributed by atoms with E-state index >= 15 is 0 Å². The van der Waals surface area contributed by atoms with Crippen molar-refractivity contribution in [3.63, 3.8) is 0 Å². The number of phenols is 1. The summed E-state index contributed by atoms with van der Waals surface area (Å²) < 4.78 is 11.1. The number of anilines is 1. The van der Waals surface area contributed by atoms with E-state index in [1.807, 2.05) is 24.3 Å². The molecular weight excluding hydrogens is 430 g/mol. The molecule has 2 aliphatic rings. The van der Waals surface area contributed by atoms with Crippen LogP contribution in [0.1, 0.15) is 30.1 Å². The monoisotopic (exact) mass is 459 g/mol. The molecule has 0 radical (unpaired) electrons. The molecule has 8 heteroatoms. The van der Waals surface area contributed by atoms with Crippen molar-refractivity contribution in [1.82, 2.24) is 19.9 Å². The van der Waals surface area contributed by atoms with Crippen LogP contribution in [-0.2, 0) is 11.3 Å². The molecule has 3 aromatic heterocycles. The van der Waals surface area contributed by atoms with Crippen molar-refractivity contribution >= 4 is 16.9 Å². The minimum atomic E-state index is 0.215. The smallest absolute Gasteiger partial charge is 0.162 e. The number of aromatic amines is 1. The summed E-state index contributed by atoms with van der Waals surface area (Å²) in [5.41, 5.74) is 4.04. The van der Waals surface area contributed by atoms with E-state index in [-0.39, 0.29) is 5.75 Å². The number of nitrogens with one attached hydrogen (secondary N) is 1. The largest absolute Gasteiger partial charge is 0.508 e. The van der Waals surface area contributed by atoms with Gasteiger partial charge in [0.05, 0.1) is 31.5 Å². The first-order chi connectivity index (χ1) is 16.7. The van der Waals surface area contributed by atoms with Crippen LogP contribution in [0.25, 0.3) is 22.4 Å². The molecule has 0 unspecified atom stereocenters. The number of fused-ring (bicyclic) bond motifs is 1. The van der Waals surface area contributed by atoms with Crippen LogP contribution in [0, 0.1) is 0 Å². The molecule has 0 atom stereocenters. The van der Waals surface area contributed by atoms with Crippen LogP contribution in [0.5, 0.6) is 5.75 Å². The maximum atomic E-state index is 10.0. The van der Waals surface area contributed by atoms with Gasteiger partial charge in [-0.2, -0.15) is 0 Å². The summed E-state index contributed by atoms with van der Waals surface area (Å²) in [4.78, 5) is 18.2. The number of phenolic OH excluding ortho intramolecular Hbond substituents is 1. The van der Waals surface area contributed by atoms with Gasteiger partial charge < -0.3 is 24.1 Å². The summed E-state index contributed by atoms with van der Waals surface area (Å²) in [6.45, 7) is 5.88. The van der Waals surface area contributed by atoms with E-state index in [0.29, 0.717) is 25.0 Å². The molecule has 0 bridgehead atoms. The Kier molecular flexibility index (Phi) is 5.68. The third-order valence-electron chi connectivity index (χ3n) is 6.94. The summed E-state index contributed by atoms with van der Waals surface area (Å²) in [5.74, 6) is 3.22. The molecule has 2 saturated heterocycles. The standard InChI is InChI=1S/C26H29N5O3/c32-20-4-1-3-19(15-20)25-28-23-22(16-27-24(23)26(29-25)31-10-13-33-14-11-31)18-6-8-30(9-7-18)17-21-5-2-12-34-21/h1-5,12,15-16,18,27,32H,6-11,13-14,17H2. The van der Waals surface area contributed by atoms with Crippen LogP contribution in [0.4, 0.5) is 5.82 Å². The Labute approximate surface area is 198 Å². The number of furan rings is 1. The van der Waals surface area contributed by atoms with Crippen LogP contribution < -0.4 is 4.90 Å². The molecule has 176 valence electrons. The Balaban J connectivity index is 1.33. The van der Waals surface area contributed by atoms with Gasteiger partial charge in [-0.15, -0.1) is 0 Å². The zero-order valence-corrected chi connectivity index (χ0v) is 19.1. The van der Waals surface area contributed by atoms with Crippen LogP contribution in [0.2, 0.25) is 0 Å². The Bertz CT molecular complexity index is 1250. The first kappa shape index (κ1) is 21.2. The predicted molar refractivity (Wildman–Crippen MR) is 130 cm³/mol. The Morgan fingerprint density at radius 1 is 1.03 bits per heavy atom. The minimum absolute atomic E-state index is 0.215. The molecule has 8 nitrogen and oxygen atoms in total. The Morgan fingerprint density at radius 3 is 2.65 bits per heavy atom. The van der Waals surface area contributed by atoms with E-state index < -0.39 is 0 Å². The molecule has 1 aromatic carbocycles. The summed E-state index contributed by atoms with van der Waals surface area (Å²) in [5, 5.41) is 10.0. The molecule has 6 rings (SSSR count). The lowest BCUT2D eigenvalue weighted by Crippen LogP contribution is -2.37. The SMILES string of the molecule is Oc1cccc(-c2nc(N3CCOCC3)c3[nH]cc(C4CCN(Cc5ccco5)CC4)c3n2)c1. The van der Waals surface area contributed by atoms with E-state index in [0.717, 1.165) is 73.7 Å². The Morgan fingerprint density at radius 2 is 1.88 bits per heavy atom. The number of benzene rings is 1. The highest BCUT2D eigenvalue weighted by Crippen LogP contribution is 2.37. The fourth-order valence-corrected chi connectivity index (χ4v) is 5.12. The third-order valence-corrected chi connectivity index (χ3v) is 6.94. The molecule has 0 amide bonds. The third kappa shape index (κ3) is 4.15. The van der Waals surface area contributed by atoms with Gasteiger partial charge in [0.1, 0.15) is 17.0 Å². The molecule has 34 heavy (non-hydrogen) atoms. The summed E-state index contributed by atoms with van der Waals surface area (Å²) in [7, 11) is 0. The van der Waals surface area contributed by atoms with E-state index in [1.54, 1.807) is 18.4 Å². The second-order valence-electron chi connectivity index (χ2n) is 9.12. The second-order valence-corrected chi connectivity index (χ2v) is 9.12. The fraction of sp³-hybridized carbons (Fsp3) is 0.385. The number of likely N-dealkylation sites (tertiary alicyclic amines) is 1. The summed E-state index contributed by atoms with van der Waals surface area (Å²) in [6, 6.07) is 11.2. The van der Waals surface area contributed by atoms with Crippen molar-refractivity contribution in [2.45, 2.75) is 25.3 Å².